The average molecular weight is 245 g/mol. The number of nitrogens with zero attached hydrogens (tertiary/aromatic N) is 1. The molecule has 1 heterocycles. The summed E-state index contributed by atoms with van der Waals surface area (Å²) < 4.78 is 0. The van der Waals surface area contributed by atoms with Crippen molar-refractivity contribution in [1.82, 2.24) is 4.90 Å². The van der Waals surface area contributed by atoms with Gasteiger partial charge >= 0.3 is 0 Å². The summed E-state index contributed by atoms with van der Waals surface area (Å²) in [6, 6.07) is 4.47. The first kappa shape index (κ1) is 13.1. The number of rotatable bonds is 3. The van der Waals surface area contributed by atoms with Gasteiger partial charge in [-0.25, -0.2) is 0 Å². The Morgan fingerprint density at radius 2 is 1.83 bits per heavy atom. The first-order chi connectivity index (χ1) is 8.61. The Balaban J connectivity index is 2.19. The van der Waals surface area contributed by atoms with E-state index >= 15 is 0 Å². The van der Waals surface area contributed by atoms with Crippen LogP contribution in [0.25, 0.3) is 0 Å². The highest BCUT2D eigenvalue weighted by atomic mass is 16.2. The molecule has 98 valence electrons. The number of carbonyl (C=O) groups is 1. The molecule has 0 atom stereocenters. The lowest BCUT2D eigenvalue weighted by molar-refractivity contribution is -0.130. The minimum atomic E-state index is 0.297. The Labute approximate surface area is 110 Å². The molecule has 1 aromatic carbocycles. The number of fused-ring (bicyclic) bond motifs is 1. The molecular formula is C16H23NO. The number of hydrogen-bond donors (Lipinski definition) is 0. The van der Waals surface area contributed by atoms with Gasteiger partial charge < -0.3 is 4.90 Å². The zero-order chi connectivity index (χ0) is 13.1. The van der Waals surface area contributed by atoms with E-state index in [2.05, 4.69) is 32.9 Å². The van der Waals surface area contributed by atoms with E-state index in [-0.39, 0.29) is 0 Å². The molecule has 0 aromatic heterocycles. The summed E-state index contributed by atoms with van der Waals surface area (Å²) in [5.74, 6) is 0.297. The van der Waals surface area contributed by atoms with Crippen molar-refractivity contribution in [2.45, 2.75) is 46.5 Å². The van der Waals surface area contributed by atoms with Crippen molar-refractivity contribution in [3.05, 3.63) is 34.4 Å². The largest absolute Gasteiger partial charge is 0.342 e. The van der Waals surface area contributed by atoms with Crippen LogP contribution >= 0.6 is 0 Å². The second-order valence-corrected chi connectivity index (χ2v) is 5.37. The fraction of sp³-hybridized carbons (Fsp3) is 0.562. The normalized spacial score (nSPS) is 15.5. The summed E-state index contributed by atoms with van der Waals surface area (Å²) in [6.07, 6.45) is 3.85. The molecule has 2 rings (SSSR count). The van der Waals surface area contributed by atoms with E-state index in [4.69, 9.17) is 0 Å². The first-order valence-corrected chi connectivity index (χ1v) is 6.98. The summed E-state index contributed by atoms with van der Waals surface area (Å²) in [4.78, 5) is 14.2. The molecule has 1 aliphatic heterocycles. The van der Waals surface area contributed by atoms with Crippen LogP contribution in [0.2, 0.25) is 0 Å². The topological polar surface area (TPSA) is 20.3 Å². The Bertz CT molecular complexity index is 451. The fourth-order valence-electron chi connectivity index (χ4n) is 2.57. The van der Waals surface area contributed by atoms with Gasteiger partial charge in [-0.05, 0) is 48.9 Å². The minimum absolute atomic E-state index is 0.297. The number of amides is 1. The Hall–Kier alpha value is -1.31. The van der Waals surface area contributed by atoms with E-state index < -0.39 is 0 Å². The maximum Gasteiger partial charge on any atom is 0.227 e. The van der Waals surface area contributed by atoms with E-state index in [0.717, 1.165) is 32.4 Å². The monoisotopic (exact) mass is 245 g/mol. The third kappa shape index (κ3) is 2.74. The number of benzene rings is 1. The quantitative estimate of drug-likeness (QED) is 0.801. The summed E-state index contributed by atoms with van der Waals surface area (Å²) in [5, 5.41) is 0. The molecule has 0 spiro atoms. The molecule has 0 fully saturated rings. The molecule has 2 heteroatoms. The van der Waals surface area contributed by atoms with E-state index in [9.17, 15) is 4.79 Å². The molecule has 18 heavy (non-hydrogen) atoms. The smallest absolute Gasteiger partial charge is 0.227 e. The van der Waals surface area contributed by atoms with E-state index in [1.165, 1.54) is 22.3 Å². The van der Waals surface area contributed by atoms with Gasteiger partial charge in [0.05, 0.1) is 6.42 Å². The summed E-state index contributed by atoms with van der Waals surface area (Å²) in [7, 11) is 0. The van der Waals surface area contributed by atoms with Crippen molar-refractivity contribution < 1.29 is 4.79 Å². The Morgan fingerprint density at radius 3 is 2.50 bits per heavy atom. The lowest BCUT2D eigenvalue weighted by atomic mass is 9.97. The van der Waals surface area contributed by atoms with E-state index in [0.29, 0.717) is 12.3 Å². The Kier molecular flexibility index (Phi) is 4.05. The van der Waals surface area contributed by atoms with Gasteiger partial charge in [0.15, 0.2) is 0 Å². The van der Waals surface area contributed by atoms with Crippen LogP contribution in [-0.4, -0.2) is 23.9 Å². The highest BCUT2D eigenvalue weighted by Crippen LogP contribution is 2.21. The number of hydrogen-bond acceptors (Lipinski definition) is 1. The first-order valence-electron chi connectivity index (χ1n) is 6.98. The van der Waals surface area contributed by atoms with E-state index in [1.807, 2.05) is 4.90 Å². The lowest BCUT2D eigenvalue weighted by Gasteiger charge is -2.19. The lowest BCUT2D eigenvalue weighted by Crippen LogP contribution is -2.33. The third-order valence-corrected chi connectivity index (χ3v) is 3.94. The summed E-state index contributed by atoms with van der Waals surface area (Å²) in [5.41, 5.74) is 5.24. The molecule has 1 aromatic rings. The second-order valence-electron chi connectivity index (χ2n) is 5.37. The van der Waals surface area contributed by atoms with Crippen LogP contribution in [0.3, 0.4) is 0 Å². The molecule has 0 unspecified atom stereocenters. The van der Waals surface area contributed by atoms with Crippen molar-refractivity contribution in [3.63, 3.8) is 0 Å². The van der Waals surface area contributed by atoms with Crippen LogP contribution < -0.4 is 0 Å². The molecular weight excluding hydrogens is 222 g/mol. The van der Waals surface area contributed by atoms with Gasteiger partial charge in [0.1, 0.15) is 0 Å². The molecule has 1 aliphatic rings. The van der Waals surface area contributed by atoms with Crippen molar-refractivity contribution >= 4 is 5.91 Å². The van der Waals surface area contributed by atoms with Crippen LogP contribution in [0, 0.1) is 13.8 Å². The maximum absolute atomic E-state index is 12.2. The van der Waals surface area contributed by atoms with Gasteiger partial charge in [-0.1, -0.05) is 25.5 Å². The van der Waals surface area contributed by atoms with Crippen LogP contribution in [0.4, 0.5) is 0 Å². The second kappa shape index (κ2) is 5.55. The van der Waals surface area contributed by atoms with Gasteiger partial charge in [0.2, 0.25) is 5.91 Å². The van der Waals surface area contributed by atoms with Crippen molar-refractivity contribution in [3.8, 4) is 0 Å². The highest BCUT2D eigenvalue weighted by molar-refractivity contribution is 5.80. The zero-order valence-corrected chi connectivity index (χ0v) is 11.8. The minimum Gasteiger partial charge on any atom is -0.342 e. The van der Waals surface area contributed by atoms with Crippen LogP contribution in [0.15, 0.2) is 12.1 Å². The van der Waals surface area contributed by atoms with Crippen molar-refractivity contribution in [2.24, 2.45) is 0 Å². The van der Waals surface area contributed by atoms with Crippen LogP contribution in [0.5, 0.6) is 0 Å². The number of unbranched alkanes of at least 4 members (excludes halogenated alkanes) is 1. The SMILES string of the molecule is CCCCN1CCc2cc(C)c(C)cc2CC1=O. The fourth-order valence-corrected chi connectivity index (χ4v) is 2.57. The van der Waals surface area contributed by atoms with E-state index in [1.54, 1.807) is 0 Å². The standard InChI is InChI=1S/C16H23NO/c1-4-5-7-17-8-6-14-9-12(2)13(3)10-15(14)11-16(17)18/h9-10H,4-8,11H2,1-3H3. The van der Waals surface area contributed by atoms with Gasteiger partial charge in [0, 0.05) is 13.1 Å². The molecule has 0 saturated heterocycles. The van der Waals surface area contributed by atoms with Crippen molar-refractivity contribution in [1.29, 1.82) is 0 Å². The molecule has 0 aliphatic carbocycles. The van der Waals surface area contributed by atoms with Crippen LogP contribution in [-0.2, 0) is 17.6 Å². The zero-order valence-electron chi connectivity index (χ0n) is 11.8. The van der Waals surface area contributed by atoms with Gasteiger partial charge in [-0.2, -0.15) is 0 Å². The maximum atomic E-state index is 12.2. The van der Waals surface area contributed by atoms with Gasteiger partial charge in [-0.3, -0.25) is 4.79 Å². The third-order valence-electron chi connectivity index (χ3n) is 3.94. The molecule has 0 saturated carbocycles. The van der Waals surface area contributed by atoms with Crippen LogP contribution in [0.1, 0.15) is 42.0 Å². The predicted molar refractivity (Wildman–Crippen MR) is 74.8 cm³/mol. The molecule has 2 nitrogen and oxygen atoms in total. The van der Waals surface area contributed by atoms with Gasteiger partial charge in [0.25, 0.3) is 0 Å². The van der Waals surface area contributed by atoms with Crippen molar-refractivity contribution in [2.75, 3.05) is 13.1 Å². The van der Waals surface area contributed by atoms with Gasteiger partial charge in [-0.15, -0.1) is 0 Å². The number of aryl methyl sites for hydroxylation is 2. The average Bonchev–Trinajstić information content (AvgIpc) is 2.47. The molecule has 1 amide bonds. The molecule has 0 radical (unpaired) electrons. The molecule has 0 N–H and O–H groups in total. The molecule has 0 bridgehead atoms. The highest BCUT2D eigenvalue weighted by Gasteiger charge is 2.20. The predicted octanol–water partition coefficient (Wildman–Crippen LogP) is 3.03. The number of carbonyl (C=O) groups excluding carboxylic acids is 1. The Morgan fingerprint density at radius 1 is 1.17 bits per heavy atom. The summed E-state index contributed by atoms with van der Waals surface area (Å²) >= 11 is 0. The summed E-state index contributed by atoms with van der Waals surface area (Å²) in [6.45, 7) is 8.25.